The molecule has 1 aliphatic rings. The monoisotopic (exact) mass is 459 g/mol. The average molecular weight is 460 g/mol. The molecular weight excluding hydrogens is 418 g/mol. The third kappa shape index (κ3) is 7.76. The van der Waals surface area contributed by atoms with Crippen molar-refractivity contribution in [2.75, 3.05) is 0 Å². The van der Waals surface area contributed by atoms with Gasteiger partial charge in [-0.15, -0.1) is 0 Å². The normalized spacial score (nSPS) is 16.6. The highest BCUT2D eigenvalue weighted by Gasteiger charge is 2.37. The maximum absolute atomic E-state index is 13.6. The topological polar surface area (TPSA) is 87.7 Å². The van der Waals surface area contributed by atoms with Crippen LogP contribution in [0.2, 0.25) is 0 Å². The van der Waals surface area contributed by atoms with Crippen molar-refractivity contribution in [3.63, 3.8) is 0 Å². The minimum Gasteiger partial charge on any atom is -0.444 e. The van der Waals surface area contributed by atoms with E-state index < -0.39 is 23.8 Å². The maximum Gasteiger partial charge on any atom is 0.408 e. The number of hydrogen-bond acceptors (Lipinski definition) is 4. The van der Waals surface area contributed by atoms with Gasteiger partial charge in [0.05, 0.1) is 0 Å². The molecule has 7 heteroatoms. The first-order valence-corrected chi connectivity index (χ1v) is 12.1. The molecule has 3 amide bonds. The number of aryl methyl sites for hydroxylation is 1. The van der Waals surface area contributed by atoms with Crippen molar-refractivity contribution in [1.29, 1.82) is 0 Å². The van der Waals surface area contributed by atoms with E-state index >= 15 is 0 Å². The van der Waals surface area contributed by atoms with Crippen LogP contribution in [0, 0.1) is 6.92 Å². The fourth-order valence-corrected chi connectivity index (χ4v) is 4.29. The summed E-state index contributed by atoms with van der Waals surface area (Å²) in [5.74, 6) is -0.509. The van der Waals surface area contributed by atoms with Gasteiger partial charge in [0.1, 0.15) is 17.7 Å². The Morgan fingerprint density at radius 3 is 2.18 bits per heavy atom. The zero-order chi connectivity index (χ0) is 24.8. The Labute approximate surface area is 198 Å². The second kappa shape index (κ2) is 11.5. The molecule has 0 heterocycles. The second-order valence-corrected chi connectivity index (χ2v) is 10.3. The lowest BCUT2D eigenvalue weighted by Gasteiger charge is -2.38. The lowest BCUT2D eigenvalue weighted by Crippen LogP contribution is -2.55. The summed E-state index contributed by atoms with van der Waals surface area (Å²) in [4.78, 5) is 41.1. The summed E-state index contributed by atoms with van der Waals surface area (Å²) >= 11 is 0. The van der Waals surface area contributed by atoms with E-state index in [0.717, 1.165) is 36.8 Å². The molecule has 2 atom stereocenters. The van der Waals surface area contributed by atoms with E-state index in [1.165, 1.54) is 6.42 Å². The highest BCUT2D eigenvalue weighted by Crippen LogP contribution is 2.28. The molecule has 0 spiro atoms. The number of alkyl carbamates (subject to hydrolysis) is 1. The van der Waals surface area contributed by atoms with Gasteiger partial charge in [-0.1, -0.05) is 43.5 Å². The van der Waals surface area contributed by atoms with Crippen LogP contribution in [0.5, 0.6) is 0 Å². The van der Waals surface area contributed by atoms with Gasteiger partial charge in [-0.2, -0.15) is 0 Å². The third-order valence-corrected chi connectivity index (χ3v) is 5.88. The zero-order valence-corrected chi connectivity index (χ0v) is 21.2. The molecule has 1 fully saturated rings. The van der Waals surface area contributed by atoms with Crippen LogP contribution in [-0.2, 0) is 14.3 Å². The molecule has 0 saturated heterocycles. The number of nitrogens with zero attached hydrogens (tertiary/aromatic N) is 1. The first-order chi connectivity index (χ1) is 15.4. The molecule has 1 aromatic rings. The van der Waals surface area contributed by atoms with Gasteiger partial charge in [-0.3, -0.25) is 9.59 Å². The second-order valence-electron chi connectivity index (χ2n) is 10.3. The molecule has 0 bridgehead atoms. The number of amides is 3. The van der Waals surface area contributed by atoms with Crippen LogP contribution in [0.3, 0.4) is 0 Å². The van der Waals surface area contributed by atoms with Crippen molar-refractivity contribution in [2.24, 2.45) is 0 Å². The van der Waals surface area contributed by atoms with Crippen molar-refractivity contribution in [1.82, 2.24) is 15.5 Å². The SMILES string of the molecule is Cc1ccccc1C(C(=O)NC1CCCCC1)N(C(=O)C(C)NC(=O)OC(C)(C)C)C(C)C. The molecule has 1 aromatic carbocycles. The number of rotatable bonds is 7. The van der Waals surface area contributed by atoms with Crippen LogP contribution >= 0.6 is 0 Å². The predicted molar refractivity (Wildman–Crippen MR) is 130 cm³/mol. The molecule has 7 nitrogen and oxygen atoms in total. The predicted octanol–water partition coefficient (Wildman–Crippen LogP) is 4.64. The van der Waals surface area contributed by atoms with E-state index in [1.807, 2.05) is 45.0 Å². The van der Waals surface area contributed by atoms with Gasteiger partial charge in [0.2, 0.25) is 11.8 Å². The van der Waals surface area contributed by atoms with Crippen LogP contribution in [0.15, 0.2) is 24.3 Å². The Hall–Kier alpha value is -2.57. The van der Waals surface area contributed by atoms with Gasteiger partial charge in [-0.05, 0) is 72.4 Å². The lowest BCUT2D eigenvalue weighted by molar-refractivity contribution is -0.144. The van der Waals surface area contributed by atoms with Crippen molar-refractivity contribution >= 4 is 17.9 Å². The molecule has 0 aromatic heterocycles. The summed E-state index contributed by atoms with van der Waals surface area (Å²) < 4.78 is 5.31. The largest absolute Gasteiger partial charge is 0.444 e. The van der Waals surface area contributed by atoms with Crippen molar-refractivity contribution in [3.8, 4) is 0 Å². The quantitative estimate of drug-likeness (QED) is 0.622. The Kier molecular flexibility index (Phi) is 9.32. The molecule has 33 heavy (non-hydrogen) atoms. The first kappa shape index (κ1) is 26.7. The molecule has 0 radical (unpaired) electrons. The minimum absolute atomic E-state index is 0.124. The van der Waals surface area contributed by atoms with Gasteiger partial charge in [0.15, 0.2) is 0 Å². The summed E-state index contributed by atoms with van der Waals surface area (Å²) in [6.45, 7) is 12.6. The van der Waals surface area contributed by atoms with Crippen molar-refractivity contribution < 1.29 is 19.1 Å². The fourth-order valence-electron chi connectivity index (χ4n) is 4.29. The van der Waals surface area contributed by atoms with Gasteiger partial charge >= 0.3 is 6.09 Å². The number of hydrogen-bond donors (Lipinski definition) is 2. The van der Waals surface area contributed by atoms with E-state index in [-0.39, 0.29) is 23.9 Å². The average Bonchev–Trinajstić information content (AvgIpc) is 2.71. The van der Waals surface area contributed by atoms with Crippen LogP contribution in [0.1, 0.15) is 90.8 Å². The Morgan fingerprint density at radius 1 is 1.03 bits per heavy atom. The molecule has 1 aliphatic carbocycles. The van der Waals surface area contributed by atoms with Crippen LogP contribution in [-0.4, -0.2) is 46.5 Å². The number of carbonyl (C=O) groups excluding carboxylic acids is 3. The summed E-state index contributed by atoms with van der Waals surface area (Å²) in [5, 5.41) is 5.83. The molecular formula is C26H41N3O4. The highest BCUT2D eigenvalue weighted by atomic mass is 16.6. The van der Waals surface area contributed by atoms with Gasteiger partial charge in [0.25, 0.3) is 0 Å². The van der Waals surface area contributed by atoms with E-state index in [1.54, 1.807) is 32.6 Å². The minimum atomic E-state index is -0.851. The molecule has 0 aliphatic heterocycles. The molecule has 1 saturated carbocycles. The van der Waals surface area contributed by atoms with E-state index in [9.17, 15) is 14.4 Å². The van der Waals surface area contributed by atoms with E-state index in [4.69, 9.17) is 4.74 Å². The van der Waals surface area contributed by atoms with Crippen LogP contribution in [0.4, 0.5) is 4.79 Å². The summed E-state index contributed by atoms with van der Waals surface area (Å²) in [5.41, 5.74) is 1.05. The van der Waals surface area contributed by atoms with Crippen LogP contribution < -0.4 is 10.6 Å². The van der Waals surface area contributed by atoms with Crippen molar-refractivity contribution in [2.45, 2.75) is 110 Å². The smallest absolute Gasteiger partial charge is 0.408 e. The maximum atomic E-state index is 13.6. The van der Waals surface area contributed by atoms with Gasteiger partial charge in [-0.25, -0.2) is 4.79 Å². The summed E-state index contributed by atoms with van der Waals surface area (Å²) in [6.07, 6.45) is 4.65. The zero-order valence-electron chi connectivity index (χ0n) is 21.2. The Morgan fingerprint density at radius 2 is 1.64 bits per heavy atom. The lowest BCUT2D eigenvalue weighted by atomic mass is 9.93. The van der Waals surface area contributed by atoms with Crippen LogP contribution in [0.25, 0.3) is 0 Å². The molecule has 2 N–H and O–H groups in total. The van der Waals surface area contributed by atoms with Gasteiger partial charge in [0, 0.05) is 12.1 Å². The fraction of sp³-hybridized carbons (Fsp3) is 0.654. The van der Waals surface area contributed by atoms with E-state index in [2.05, 4.69) is 10.6 Å². The Balaban J connectivity index is 2.33. The van der Waals surface area contributed by atoms with Gasteiger partial charge < -0.3 is 20.3 Å². The number of nitrogens with one attached hydrogen (secondary N) is 2. The number of carbonyl (C=O) groups is 3. The Bertz CT molecular complexity index is 825. The highest BCUT2D eigenvalue weighted by molar-refractivity contribution is 5.92. The number of ether oxygens (including phenoxy) is 1. The molecule has 2 rings (SSSR count). The summed E-state index contributed by atoms with van der Waals surface area (Å²) in [6, 6.07) is 5.87. The van der Waals surface area contributed by atoms with E-state index in [0.29, 0.717) is 0 Å². The number of benzene rings is 1. The van der Waals surface area contributed by atoms with Crippen molar-refractivity contribution in [3.05, 3.63) is 35.4 Å². The molecule has 184 valence electrons. The standard InChI is InChI=1S/C26H41N3O4/c1-17(2)29(24(31)19(4)27-25(32)33-26(5,6)7)22(21-16-12-11-13-18(21)3)23(30)28-20-14-9-8-10-15-20/h11-13,16-17,19-20,22H,8-10,14-15H2,1-7H3,(H,27,32)(H,28,30). The third-order valence-electron chi connectivity index (χ3n) is 5.88. The summed E-state index contributed by atoms with van der Waals surface area (Å²) in [7, 11) is 0. The molecule has 2 unspecified atom stereocenters. The first-order valence-electron chi connectivity index (χ1n) is 12.1.